The summed E-state index contributed by atoms with van der Waals surface area (Å²) < 4.78 is 17.2. The predicted molar refractivity (Wildman–Crippen MR) is 353 cm³/mol. The number of nitrogens with one attached hydrogen (secondary N) is 5. The first-order chi connectivity index (χ1) is 43.8. The van der Waals surface area contributed by atoms with Gasteiger partial charge in [-0.15, -0.1) is 0 Å². The van der Waals surface area contributed by atoms with E-state index in [1.165, 1.54) is 34.4 Å². The quantitative estimate of drug-likeness (QED) is 0.0519. The van der Waals surface area contributed by atoms with Gasteiger partial charge in [0.15, 0.2) is 5.78 Å². The number of carbonyl (C=O) groups excluding carboxylic acids is 9. The largest absolute Gasteiger partial charge is 0.489 e. The summed E-state index contributed by atoms with van der Waals surface area (Å²) in [4.78, 5) is 131. The van der Waals surface area contributed by atoms with Crippen molar-refractivity contribution in [3.05, 3.63) is 148 Å². The molecule has 20 heteroatoms. The number of hydrogen-bond donors (Lipinski definition) is 5. The summed E-state index contributed by atoms with van der Waals surface area (Å²) in [5.41, 5.74) is 3.81. The third-order valence-electron chi connectivity index (χ3n) is 18.1. The van der Waals surface area contributed by atoms with Crippen LogP contribution in [0.1, 0.15) is 177 Å². The number of Topliss-reactive ketones (excluding diaryl/α,β-unsaturated/α-hetero) is 1. The highest BCUT2D eigenvalue weighted by Crippen LogP contribution is 2.35. The van der Waals surface area contributed by atoms with Crippen LogP contribution in [0.15, 0.2) is 109 Å². The number of allylic oxidation sites excluding steroid dienone is 2. The molecule has 500 valence electrons. The summed E-state index contributed by atoms with van der Waals surface area (Å²) in [6, 6.07) is 23.8. The second-order valence-corrected chi connectivity index (χ2v) is 28.5. The van der Waals surface area contributed by atoms with Crippen molar-refractivity contribution in [3.63, 3.8) is 0 Å². The first-order valence-electron chi connectivity index (χ1n) is 32.7. The second-order valence-electron chi connectivity index (χ2n) is 28.5. The molecule has 93 heavy (non-hydrogen) atoms. The minimum atomic E-state index is -1.13. The zero-order valence-corrected chi connectivity index (χ0v) is 56.4. The molecule has 8 amide bonds. The fourth-order valence-electron chi connectivity index (χ4n) is 12.5. The van der Waals surface area contributed by atoms with Crippen LogP contribution in [-0.2, 0) is 64.1 Å². The third kappa shape index (κ3) is 18.4. The molecule has 4 aromatic rings. The van der Waals surface area contributed by atoms with E-state index in [9.17, 15) is 43.2 Å². The molecule has 3 aliphatic carbocycles. The summed E-state index contributed by atoms with van der Waals surface area (Å²) in [7, 11) is 2.92. The number of amides is 8. The molecule has 5 N–H and O–H groups in total. The number of nitrogens with zero attached hydrogens (tertiary/aromatic N) is 3. The second kappa shape index (κ2) is 30.0. The van der Waals surface area contributed by atoms with Crippen LogP contribution in [0.3, 0.4) is 0 Å². The van der Waals surface area contributed by atoms with E-state index in [1.54, 1.807) is 91.8 Å². The van der Waals surface area contributed by atoms with Crippen molar-refractivity contribution in [2.45, 2.75) is 207 Å². The maximum absolute atomic E-state index is 15.0. The van der Waals surface area contributed by atoms with Crippen LogP contribution >= 0.6 is 0 Å². The van der Waals surface area contributed by atoms with E-state index >= 15 is 0 Å². The van der Waals surface area contributed by atoms with Gasteiger partial charge in [-0.05, 0) is 183 Å². The molecule has 4 aromatic carbocycles. The lowest BCUT2D eigenvalue weighted by molar-refractivity contribution is -0.144. The maximum Gasteiger partial charge on any atom is 0.410 e. The fraction of sp³-hybridized carbons (Fsp3) is 0.521. The average molecular weight is 1280 g/mol. The highest BCUT2D eigenvalue weighted by molar-refractivity contribution is 5.98. The Kier molecular flexibility index (Phi) is 22.7. The molecule has 20 nitrogen and oxygen atoms in total. The molecule has 1 aliphatic heterocycles. The summed E-state index contributed by atoms with van der Waals surface area (Å²) in [5.74, 6) is -3.83. The van der Waals surface area contributed by atoms with Gasteiger partial charge in [-0.1, -0.05) is 106 Å². The number of ether oxygens (including phenoxy) is 3. The van der Waals surface area contributed by atoms with Crippen molar-refractivity contribution in [2.24, 2.45) is 17.3 Å². The zero-order chi connectivity index (χ0) is 67.7. The topological polar surface area (TPSA) is 251 Å². The van der Waals surface area contributed by atoms with Crippen molar-refractivity contribution in [1.82, 2.24) is 41.3 Å². The minimum Gasteiger partial charge on any atom is -0.489 e. The van der Waals surface area contributed by atoms with Crippen LogP contribution < -0.4 is 31.3 Å². The minimum absolute atomic E-state index is 0.0174. The fourth-order valence-corrected chi connectivity index (χ4v) is 12.5. The predicted octanol–water partition coefficient (Wildman–Crippen LogP) is 9.57. The van der Waals surface area contributed by atoms with Crippen LogP contribution in [0.5, 0.6) is 5.75 Å². The van der Waals surface area contributed by atoms with Gasteiger partial charge in [-0.3, -0.25) is 43.4 Å². The molecule has 4 aliphatic rings. The van der Waals surface area contributed by atoms with Crippen LogP contribution in [-0.4, -0.2) is 136 Å². The van der Waals surface area contributed by atoms with Gasteiger partial charge in [-0.2, -0.15) is 0 Å². The van der Waals surface area contributed by atoms with E-state index in [-0.39, 0.29) is 55.7 Å². The molecular formula is C73H96N8O12. The van der Waals surface area contributed by atoms with Crippen molar-refractivity contribution < 1.29 is 57.4 Å². The molecule has 0 aromatic heterocycles. The first kappa shape index (κ1) is 70.3. The lowest BCUT2D eigenvalue weighted by Gasteiger charge is -2.37. The summed E-state index contributed by atoms with van der Waals surface area (Å²) in [6.07, 6.45) is 8.45. The third-order valence-corrected chi connectivity index (χ3v) is 18.1. The Hall–Kier alpha value is -8.55. The van der Waals surface area contributed by atoms with Gasteiger partial charge in [0, 0.05) is 38.2 Å². The Labute approximate surface area is 548 Å². The number of fused-ring (bicyclic) bond motifs is 2. The van der Waals surface area contributed by atoms with Gasteiger partial charge in [-0.25, -0.2) is 9.59 Å². The molecular weight excluding hydrogens is 1180 g/mol. The number of rotatable bonds is 20. The summed E-state index contributed by atoms with van der Waals surface area (Å²) in [6.45, 7) is 19.0. The van der Waals surface area contributed by atoms with E-state index < -0.39 is 101 Å². The monoisotopic (exact) mass is 1280 g/mol. The number of aryl methyl sites for hydroxylation is 2. The van der Waals surface area contributed by atoms with Gasteiger partial charge in [0.2, 0.25) is 29.5 Å². The lowest BCUT2D eigenvalue weighted by Crippen LogP contribution is -2.60. The van der Waals surface area contributed by atoms with Crippen molar-refractivity contribution in [2.75, 3.05) is 20.6 Å². The Morgan fingerprint density at radius 1 is 0.591 bits per heavy atom. The van der Waals surface area contributed by atoms with Crippen molar-refractivity contribution in [1.29, 1.82) is 0 Å². The molecule has 0 bridgehead atoms. The molecule has 0 saturated carbocycles. The highest BCUT2D eigenvalue weighted by Gasteiger charge is 2.47. The lowest BCUT2D eigenvalue weighted by atomic mass is 9.76. The van der Waals surface area contributed by atoms with Gasteiger partial charge >= 0.3 is 12.2 Å². The number of likely N-dealkylation sites (N-methyl/N-ethyl adjacent to an activating group) is 2. The zero-order valence-electron chi connectivity index (χ0n) is 56.4. The number of carbonyl (C=O) groups is 9. The van der Waals surface area contributed by atoms with Crippen LogP contribution in [0.4, 0.5) is 9.59 Å². The Bertz CT molecular complexity index is 3400. The molecule has 1 saturated heterocycles. The van der Waals surface area contributed by atoms with Gasteiger partial charge < -0.3 is 45.7 Å². The smallest absolute Gasteiger partial charge is 0.410 e. The number of hydrogen-bond acceptors (Lipinski definition) is 12. The normalized spacial score (nSPS) is 20.8. The van der Waals surface area contributed by atoms with Crippen LogP contribution in [0.2, 0.25) is 0 Å². The highest BCUT2D eigenvalue weighted by atomic mass is 16.6. The van der Waals surface area contributed by atoms with E-state index in [0.29, 0.717) is 36.1 Å². The van der Waals surface area contributed by atoms with E-state index in [1.807, 2.05) is 81.5 Å². The molecule has 0 spiro atoms. The molecule has 10 atom stereocenters. The van der Waals surface area contributed by atoms with Crippen LogP contribution in [0.25, 0.3) is 0 Å². The number of likely N-dealkylation sites (tertiary alicyclic amines) is 1. The van der Waals surface area contributed by atoms with Crippen LogP contribution in [0, 0.1) is 17.3 Å². The summed E-state index contributed by atoms with van der Waals surface area (Å²) >= 11 is 0. The SMILES string of the molecule is C[C@@H](C(=O)N[C@@H](Cc1ccc(OCc2ccc(C(=O)N[C@H]3C[C@@H](C(=O)N[C@@H]4CCCc5ccccc54)N(C(=O)[C@@H](NC(=O)[C@H](C)N(C)C(=O)OC(C)(C)C)C(C)(C)C)C3)cc2)cc1)C(=O)[C@@H]1CC=CC[C@H]1C(=O)N[C@@H]1CCCc2ccccc21)N(C)C(=O)OC(C)(C)C. The first-order valence-corrected chi connectivity index (χ1v) is 32.7. The van der Waals surface area contributed by atoms with Gasteiger partial charge in [0.1, 0.15) is 47.7 Å². The molecule has 1 heterocycles. The standard InChI is InChI=1S/C73H96N8O12/c1-44(79(12)69(89)92-72(6,7)8)63(83)77-59(61(82)55-28-18-19-29-56(55)66(86)75-57-30-20-24-48-22-14-16-26-53(48)57)40-46-34-38-52(39-35-46)91-43-47-32-36-50(37-33-47)65(85)74-51-41-60(67(87)76-58-31-21-25-49-23-15-17-27-54(49)58)81(42-51)68(88)62(71(3,4)5)78-64(84)45(2)80(13)70(90)93-73(9,10)11/h14-19,22-23,26-27,32-39,44-45,51,55-60,62H,20-21,24-25,28-31,40-43H2,1-13H3,(H,74,85)(H,75,86)(H,76,87)(H,77,83)(H,78,84)/t44-,45-,51-,55+,56+,57+,58+,59-,60-,62+/m0/s1. The molecule has 1 fully saturated rings. The Morgan fingerprint density at radius 3 is 1.61 bits per heavy atom. The van der Waals surface area contributed by atoms with Crippen molar-refractivity contribution in [3.8, 4) is 5.75 Å². The number of benzene rings is 4. The van der Waals surface area contributed by atoms with E-state index in [0.717, 1.165) is 54.4 Å². The average Bonchev–Trinajstić information content (AvgIpc) is 1.76. The number of ketones is 1. The van der Waals surface area contributed by atoms with E-state index in [2.05, 4.69) is 38.7 Å². The van der Waals surface area contributed by atoms with Gasteiger partial charge in [0.25, 0.3) is 5.91 Å². The van der Waals surface area contributed by atoms with Crippen molar-refractivity contribution >= 4 is 53.4 Å². The maximum atomic E-state index is 15.0. The molecule has 0 unspecified atom stereocenters. The van der Waals surface area contributed by atoms with E-state index in [4.69, 9.17) is 14.2 Å². The Balaban J connectivity index is 0.928. The summed E-state index contributed by atoms with van der Waals surface area (Å²) in [5, 5.41) is 15.4. The molecule has 8 rings (SSSR count). The van der Waals surface area contributed by atoms with Gasteiger partial charge in [0.05, 0.1) is 24.0 Å². The Morgan fingerprint density at radius 2 is 1.09 bits per heavy atom. The molecule has 0 radical (unpaired) electrons.